The number of anilines is 1. The Hall–Kier alpha value is -2.15. The number of nitrogens with zero attached hydrogens (tertiary/aromatic N) is 3. The van der Waals surface area contributed by atoms with Crippen molar-refractivity contribution in [1.29, 1.82) is 0 Å². The third kappa shape index (κ3) is 5.03. The lowest BCUT2D eigenvalue weighted by atomic mass is 9.74. The highest BCUT2D eigenvalue weighted by Gasteiger charge is 2.47. The number of rotatable bonds is 3. The fraction of sp³-hybridized carbons (Fsp3) is 0.692. The van der Waals surface area contributed by atoms with Gasteiger partial charge in [0.2, 0.25) is 5.91 Å². The summed E-state index contributed by atoms with van der Waals surface area (Å²) in [6.45, 7) is 12.4. The van der Waals surface area contributed by atoms with Crippen molar-refractivity contribution < 1.29 is 18.7 Å². The predicted molar refractivity (Wildman–Crippen MR) is 127 cm³/mol. The number of hydrogen-bond acceptors (Lipinski definition) is 4. The first-order valence-corrected chi connectivity index (χ1v) is 12.4. The number of carbonyl (C=O) groups excluding carboxylic acids is 2. The number of carbonyl (C=O) groups is 2. The molecule has 2 saturated heterocycles. The van der Waals surface area contributed by atoms with Crippen molar-refractivity contribution in [2.24, 2.45) is 5.41 Å². The van der Waals surface area contributed by atoms with E-state index >= 15 is 0 Å². The van der Waals surface area contributed by atoms with E-state index in [9.17, 15) is 14.0 Å². The van der Waals surface area contributed by atoms with Crippen molar-refractivity contribution in [2.75, 3.05) is 44.2 Å². The molecular formula is C26H38FN3O3. The summed E-state index contributed by atoms with van der Waals surface area (Å²) in [5, 5.41) is 0. The van der Waals surface area contributed by atoms with Crippen molar-refractivity contribution in [3.05, 3.63) is 29.6 Å². The number of hydrogen-bond donors (Lipinski definition) is 0. The second-order valence-electron chi connectivity index (χ2n) is 11.1. The van der Waals surface area contributed by atoms with Crippen LogP contribution in [-0.4, -0.2) is 67.2 Å². The van der Waals surface area contributed by atoms with Crippen LogP contribution in [0.2, 0.25) is 0 Å². The van der Waals surface area contributed by atoms with Crippen molar-refractivity contribution in [3.8, 4) is 0 Å². The lowest BCUT2D eigenvalue weighted by Gasteiger charge is -2.45. The van der Waals surface area contributed by atoms with Crippen LogP contribution in [-0.2, 0) is 14.9 Å². The van der Waals surface area contributed by atoms with Gasteiger partial charge in [-0.25, -0.2) is 9.18 Å². The van der Waals surface area contributed by atoms with Gasteiger partial charge in [0.25, 0.3) is 0 Å². The van der Waals surface area contributed by atoms with Crippen LogP contribution < -0.4 is 4.90 Å². The number of ether oxygens (including phenoxy) is 1. The molecule has 0 bridgehead atoms. The van der Waals surface area contributed by atoms with Crippen LogP contribution in [0.5, 0.6) is 0 Å². The quantitative estimate of drug-likeness (QED) is 0.665. The molecule has 3 aliphatic heterocycles. The zero-order valence-electron chi connectivity index (χ0n) is 20.5. The van der Waals surface area contributed by atoms with E-state index < -0.39 is 0 Å². The largest absolute Gasteiger partial charge is 0.450 e. The van der Waals surface area contributed by atoms with Crippen LogP contribution in [0.1, 0.15) is 65.4 Å². The Balaban J connectivity index is 1.43. The summed E-state index contributed by atoms with van der Waals surface area (Å²) in [6.07, 6.45) is 4.01. The Kier molecular flexibility index (Phi) is 6.72. The van der Waals surface area contributed by atoms with Gasteiger partial charge in [-0.3, -0.25) is 4.79 Å². The molecule has 3 heterocycles. The van der Waals surface area contributed by atoms with Gasteiger partial charge in [-0.1, -0.05) is 20.8 Å². The first-order valence-electron chi connectivity index (χ1n) is 12.4. The average molecular weight is 460 g/mol. The van der Waals surface area contributed by atoms with Gasteiger partial charge in [0.15, 0.2) is 0 Å². The Bertz CT molecular complexity index is 881. The zero-order chi connectivity index (χ0) is 23.8. The second-order valence-corrected chi connectivity index (χ2v) is 11.1. The maximum Gasteiger partial charge on any atom is 0.409 e. The molecule has 2 amide bonds. The van der Waals surface area contributed by atoms with Crippen LogP contribution in [0.4, 0.5) is 14.9 Å². The number of fused-ring (bicyclic) bond motifs is 2. The summed E-state index contributed by atoms with van der Waals surface area (Å²) < 4.78 is 19.4. The molecule has 182 valence electrons. The molecule has 0 aliphatic carbocycles. The molecule has 0 atom stereocenters. The van der Waals surface area contributed by atoms with Gasteiger partial charge >= 0.3 is 6.09 Å². The minimum Gasteiger partial charge on any atom is -0.450 e. The maximum atomic E-state index is 14.3. The lowest BCUT2D eigenvalue weighted by Crippen LogP contribution is -2.52. The molecule has 33 heavy (non-hydrogen) atoms. The number of piperidine rings is 2. The van der Waals surface area contributed by atoms with Gasteiger partial charge in [0.05, 0.1) is 6.61 Å². The zero-order valence-corrected chi connectivity index (χ0v) is 20.5. The highest BCUT2D eigenvalue weighted by molar-refractivity contribution is 5.96. The molecular weight excluding hydrogens is 421 g/mol. The summed E-state index contributed by atoms with van der Waals surface area (Å²) in [7, 11) is 0. The molecule has 7 heteroatoms. The molecule has 1 spiro atoms. The predicted octanol–water partition coefficient (Wildman–Crippen LogP) is 4.56. The minimum atomic E-state index is -0.230. The molecule has 0 aromatic heterocycles. The van der Waals surface area contributed by atoms with Gasteiger partial charge in [-0.15, -0.1) is 0 Å². The Labute approximate surface area is 197 Å². The number of likely N-dealkylation sites (tertiary alicyclic amines) is 2. The van der Waals surface area contributed by atoms with Crippen LogP contribution in [0.15, 0.2) is 18.2 Å². The minimum absolute atomic E-state index is 0.0885. The molecule has 0 unspecified atom stereocenters. The molecule has 4 rings (SSSR count). The van der Waals surface area contributed by atoms with E-state index in [4.69, 9.17) is 4.74 Å². The Morgan fingerprint density at radius 3 is 2.39 bits per heavy atom. The first kappa shape index (κ1) is 24.0. The van der Waals surface area contributed by atoms with Crippen LogP contribution in [0.25, 0.3) is 0 Å². The van der Waals surface area contributed by atoms with Crippen molar-refractivity contribution >= 4 is 17.7 Å². The topological polar surface area (TPSA) is 53.1 Å². The van der Waals surface area contributed by atoms with E-state index in [1.54, 1.807) is 17.0 Å². The third-order valence-corrected chi connectivity index (χ3v) is 7.53. The number of halogens is 1. The summed E-state index contributed by atoms with van der Waals surface area (Å²) in [5.74, 6) is -0.104. The van der Waals surface area contributed by atoms with E-state index in [1.807, 2.05) is 11.8 Å². The molecule has 6 nitrogen and oxygen atoms in total. The first-order chi connectivity index (χ1) is 15.6. The van der Waals surface area contributed by atoms with Crippen LogP contribution in [0, 0.1) is 11.2 Å². The van der Waals surface area contributed by atoms with Crippen molar-refractivity contribution in [2.45, 2.75) is 71.3 Å². The molecule has 1 aromatic rings. The van der Waals surface area contributed by atoms with Crippen molar-refractivity contribution in [1.82, 2.24) is 9.80 Å². The average Bonchev–Trinajstić information content (AvgIpc) is 3.07. The van der Waals surface area contributed by atoms with E-state index in [0.717, 1.165) is 63.1 Å². The smallest absolute Gasteiger partial charge is 0.409 e. The summed E-state index contributed by atoms with van der Waals surface area (Å²) in [4.78, 5) is 31.4. The van der Waals surface area contributed by atoms with E-state index in [2.05, 4.69) is 25.7 Å². The summed E-state index contributed by atoms with van der Waals surface area (Å²) in [6, 6.07) is 5.38. The van der Waals surface area contributed by atoms with E-state index in [-0.39, 0.29) is 28.6 Å². The number of benzene rings is 1. The molecule has 2 fully saturated rings. The fourth-order valence-corrected chi connectivity index (χ4v) is 5.79. The van der Waals surface area contributed by atoms with E-state index in [0.29, 0.717) is 25.6 Å². The number of amides is 2. The summed E-state index contributed by atoms with van der Waals surface area (Å²) in [5.41, 5.74) is 1.63. The molecule has 0 saturated carbocycles. The monoisotopic (exact) mass is 459 g/mol. The molecule has 3 aliphatic rings. The van der Waals surface area contributed by atoms with Gasteiger partial charge in [0, 0.05) is 43.2 Å². The molecule has 1 aromatic carbocycles. The van der Waals surface area contributed by atoms with Crippen molar-refractivity contribution in [3.63, 3.8) is 0 Å². The second kappa shape index (κ2) is 9.24. The van der Waals surface area contributed by atoms with Gasteiger partial charge in [-0.2, -0.15) is 0 Å². The third-order valence-electron chi connectivity index (χ3n) is 7.53. The molecule has 0 radical (unpaired) electrons. The normalized spacial score (nSPS) is 21.4. The summed E-state index contributed by atoms with van der Waals surface area (Å²) >= 11 is 0. The fourth-order valence-electron chi connectivity index (χ4n) is 5.79. The Morgan fingerprint density at radius 1 is 1.12 bits per heavy atom. The van der Waals surface area contributed by atoms with E-state index in [1.165, 1.54) is 6.07 Å². The highest BCUT2D eigenvalue weighted by Crippen LogP contribution is 2.48. The standard InChI is InChI=1S/C26H38FN3O3/c1-5-33-24(32)29-12-8-20(9-13-29)28-14-10-26(11-15-28)18-30(23(31)17-25(2,3)4)22-7-6-19(27)16-21(22)26/h6-7,16,20H,5,8-15,17-18H2,1-4H3. The SMILES string of the molecule is CCOC(=O)N1CCC(N2CCC3(CC2)CN(C(=O)CC(C)(C)C)c2ccc(F)cc23)CC1. The van der Waals surface area contributed by atoms with Gasteiger partial charge in [0.1, 0.15) is 5.82 Å². The van der Waals surface area contributed by atoms with Crippen LogP contribution in [0.3, 0.4) is 0 Å². The highest BCUT2D eigenvalue weighted by atomic mass is 19.1. The lowest BCUT2D eigenvalue weighted by molar-refractivity contribution is -0.120. The Morgan fingerprint density at radius 2 is 1.79 bits per heavy atom. The van der Waals surface area contributed by atoms with Crippen LogP contribution >= 0.6 is 0 Å². The molecule has 0 N–H and O–H groups in total. The maximum absolute atomic E-state index is 14.3. The van der Waals surface area contributed by atoms with Gasteiger partial charge < -0.3 is 19.4 Å². The van der Waals surface area contributed by atoms with Gasteiger partial charge in [-0.05, 0) is 74.9 Å².